The summed E-state index contributed by atoms with van der Waals surface area (Å²) in [4.78, 5) is 0. The summed E-state index contributed by atoms with van der Waals surface area (Å²) in [5, 5.41) is -3.16. The van der Waals surface area contributed by atoms with Crippen LogP contribution in [0.25, 0.3) is 87.3 Å². The lowest BCUT2D eigenvalue weighted by molar-refractivity contribution is 0.673. The average Bonchev–Trinajstić information content (AvgIpc) is 3.63. The quantitative estimate of drug-likeness (QED) is 0.157. The second-order valence-electron chi connectivity index (χ2n) is 9.38. The summed E-state index contributed by atoms with van der Waals surface area (Å²) in [6.07, 6.45) is 0. The molecule has 0 aliphatic rings. The first-order valence-corrected chi connectivity index (χ1v) is 12.6. The lowest BCUT2D eigenvalue weighted by Crippen LogP contribution is -1.91. The average molecular weight is 540 g/mol. The number of rotatable bonds is 2. The first-order valence-electron chi connectivity index (χ1n) is 22.1. The molecule has 0 radical (unpaired) electrons. The van der Waals surface area contributed by atoms with Crippen LogP contribution in [0, 0.1) is 0 Å². The van der Waals surface area contributed by atoms with Gasteiger partial charge in [-0.25, -0.2) is 0 Å². The molecule has 0 aliphatic carbocycles. The second kappa shape index (κ2) is 8.55. The molecule has 0 amide bonds. The fourth-order valence-corrected chi connectivity index (χ4v) is 5.70. The van der Waals surface area contributed by atoms with E-state index >= 15 is 0 Å². The molecule has 1 nitrogen and oxygen atoms in total. The Morgan fingerprint density at radius 3 is 1.56 bits per heavy atom. The molecule has 1 heterocycles. The van der Waals surface area contributed by atoms with Gasteiger partial charge in [0.25, 0.3) is 0 Å². The van der Waals surface area contributed by atoms with Crippen molar-refractivity contribution in [3.05, 3.63) is 145 Å². The van der Waals surface area contributed by atoms with Crippen LogP contribution < -0.4 is 0 Å². The fraction of sp³-hybridized carbons (Fsp3) is 0. The van der Waals surface area contributed by atoms with Gasteiger partial charge in [-0.15, -0.1) is 0 Å². The molecular formula is C40H24O. The molecular weight excluding hydrogens is 496 g/mol. The molecule has 0 atom stereocenters. The van der Waals surface area contributed by atoms with Gasteiger partial charge in [-0.2, -0.15) is 0 Å². The van der Waals surface area contributed by atoms with Crippen LogP contribution in [-0.2, 0) is 0 Å². The largest absolute Gasteiger partial charge is 0.455 e. The van der Waals surface area contributed by atoms with Crippen molar-refractivity contribution in [1.82, 2.24) is 0 Å². The molecule has 0 fully saturated rings. The zero-order valence-corrected chi connectivity index (χ0v) is 20.8. The van der Waals surface area contributed by atoms with Crippen molar-refractivity contribution in [2.24, 2.45) is 0 Å². The van der Waals surface area contributed by atoms with E-state index in [-0.39, 0.29) is 59.4 Å². The molecule has 0 saturated heterocycles. The highest BCUT2D eigenvalue weighted by molar-refractivity contribution is 6.34. The molecule has 0 bridgehead atoms. The predicted octanol–water partition coefficient (Wildman–Crippen LogP) is 11.5. The zero-order valence-electron chi connectivity index (χ0n) is 39.8. The van der Waals surface area contributed by atoms with E-state index in [0.29, 0.717) is 5.56 Å². The van der Waals surface area contributed by atoms with Gasteiger partial charge in [0, 0.05) is 16.2 Å². The topological polar surface area (TPSA) is 13.1 Å². The molecule has 0 N–H and O–H groups in total. The third-order valence-corrected chi connectivity index (χ3v) is 7.31. The summed E-state index contributed by atoms with van der Waals surface area (Å²) in [7, 11) is 0. The summed E-state index contributed by atoms with van der Waals surface area (Å²) in [5.74, 6) is 0. The van der Waals surface area contributed by atoms with Gasteiger partial charge < -0.3 is 4.42 Å². The van der Waals surface area contributed by atoms with Crippen LogP contribution in [0.1, 0.15) is 26.0 Å². The summed E-state index contributed by atoms with van der Waals surface area (Å²) in [5.41, 5.74) is -1.46. The SMILES string of the molecule is [2H]c1c([2H])c(-c2c3c([2H])c([2H])c([2H])c([2H])c3c(-c3ccccc3)c3c([2H])c([2H])c([2H])c([2H])c23)c2c(oc3c4c([2H])c([2H])c([2H])c([2H])c4c4c([2H])c([2H])c([2H])c([2H])c4c32)c1[2H]. The van der Waals surface area contributed by atoms with Crippen molar-refractivity contribution < 1.29 is 30.5 Å². The van der Waals surface area contributed by atoms with Crippen LogP contribution in [0.2, 0.25) is 0 Å². The van der Waals surface area contributed by atoms with Crippen molar-refractivity contribution in [2.75, 3.05) is 0 Å². The molecule has 1 heteroatoms. The first-order chi connectivity index (χ1) is 28.3. The summed E-state index contributed by atoms with van der Waals surface area (Å²) >= 11 is 0. The maximum atomic E-state index is 9.55. The minimum atomic E-state index is -0.802. The highest BCUT2D eigenvalue weighted by atomic mass is 16.3. The van der Waals surface area contributed by atoms with Crippen LogP contribution >= 0.6 is 0 Å². The minimum Gasteiger partial charge on any atom is -0.455 e. The molecule has 9 aromatic rings. The Hall–Kier alpha value is -5.40. The Balaban J connectivity index is 1.74. The minimum absolute atomic E-state index is 0.00735. The normalized spacial score (nSPS) is 18.4. The van der Waals surface area contributed by atoms with Crippen LogP contribution in [0.5, 0.6) is 0 Å². The standard InChI is InChI=1S/C40H24O/c1-2-13-25(14-3-1)36-29-18-7-9-20-31(29)37(32-21-10-8-19-30(32)36)34-23-12-24-35-38(34)39-28-17-6-4-15-26(28)27-16-5-11-22-33(27)40(39)41-35/h1-24H/i4D,5D,6D,7D,8D,9D,10D,11D,12D,15D,16D,17D,18D,19D,20D,21D,22D,23D,24D. The Morgan fingerprint density at radius 1 is 0.415 bits per heavy atom. The van der Waals surface area contributed by atoms with E-state index in [1.807, 2.05) is 0 Å². The van der Waals surface area contributed by atoms with E-state index in [9.17, 15) is 8.22 Å². The van der Waals surface area contributed by atoms with Gasteiger partial charge >= 0.3 is 0 Å². The van der Waals surface area contributed by atoms with Crippen LogP contribution in [0.4, 0.5) is 0 Å². The number of hydrogen-bond donors (Lipinski definition) is 0. The monoisotopic (exact) mass is 539 g/mol. The zero-order chi connectivity index (χ0) is 43.4. The van der Waals surface area contributed by atoms with Gasteiger partial charge in [-0.1, -0.05) is 139 Å². The van der Waals surface area contributed by atoms with Crippen molar-refractivity contribution in [1.29, 1.82) is 0 Å². The van der Waals surface area contributed by atoms with E-state index in [1.54, 1.807) is 30.3 Å². The van der Waals surface area contributed by atoms with Gasteiger partial charge in [-0.3, -0.25) is 0 Å². The van der Waals surface area contributed by atoms with E-state index in [2.05, 4.69) is 0 Å². The summed E-state index contributed by atoms with van der Waals surface area (Å²) < 4.78 is 177. The van der Waals surface area contributed by atoms with Crippen LogP contribution in [0.3, 0.4) is 0 Å². The fourth-order valence-electron chi connectivity index (χ4n) is 5.70. The first kappa shape index (κ1) is 10.9. The number of benzene rings is 8. The third kappa shape index (κ3) is 3.12. The van der Waals surface area contributed by atoms with Crippen molar-refractivity contribution in [2.45, 2.75) is 0 Å². The molecule has 0 aliphatic heterocycles. The maximum Gasteiger partial charge on any atom is 0.143 e. The Kier molecular flexibility index (Phi) is 2.27. The predicted molar refractivity (Wildman–Crippen MR) is 175 cm³/mol. The van der Waals surface area contributed by atoms with E-state index in [4.69, 9.17) is 22.2 Å². The molecule has 190 valence electrons. The third-order valence-electron chi connectivity index (χ3n) is 7.31. The molecule has 0 saturated carbocycles. The molecule has 9 rings (SSSR count). The highest BCUT2D eigenvalue weighted by Crippen LogP contribution is 2.48. The van der Waals surface area contributed by atoms with E-state index in [1.165, 1.54) is 0 Å². The Bertz CT molecular complexity index is 3440. The number of fused-ring (bicyclic) bond motifs is 10. The Labute approximate surface area is 263 Å². The second-order valence-corrected chi connectivity index (χ2v) is 9.38. The highest BCUT2D eigenvalue weighted by Gasteiger charge is 2.22. The van der Waals surface area contributed by atoms with Crippen molar-refractivity contribution in [3.63, 3.8) is 0 Å². The smallest absolute Gasteiger partial charge is 0.143 e. The van der Waals surface area contributed by atoms with Crippen molar-refractivity contribution in [3.8, 4) is 22.3 Å². The molecule has 0 unspecified atom stereocenters. The molecule has 41 heavy (non-hydrogen) atoms. The van der Waals surface area contributed by atoms with Crippen LogP contribution in [-0.4, -0.2) is 0 Å². The van der Waals surface area contributed by atoms with Crippen LogP contribution in [0.15, 0.2) is 150 Å². The van der Waals surface area contributed by atoms with Gasteiger partial charge in [0.05, 0.1) is 26.0 Å². The molecule has 8 aromatic carbocycles. The van der Waals surface area contributed by atoms with E-state index < -0.39 is 137 Å². The van der Waals surface area contributed by atoms with Gasteiger partial charge in [0.2, 0.25) is 0 Å². The lowest BCUT2D eigenvalue weighted by Gasteiger charge is -2.18. The Morgan fingerprint density at radius 2 is 0.927 bits per heavy atom. The summed E-state index contributed by atoms with van der Waals surface area (Å²) in [6.45, 7) is 0. The number of furan rings is 1. The van der Waals surface area contributed by atoms with Gasteiger partial charge in [0.15, 0.2) is 0 Å². The molecule has 0 spiro atoms. The number of hydrogen-bond acceptors (Lipinski definition) is 1. The van der Waals surface area contributed by atoms with E-state index in [0.717, 1.165) is 0 Å². The maximum absolute atomic E-state index is 9.55. The lowest BCUT2D eigenvalue weighted by atomic mass is 9.84. The van der Waals surface area contributed by atoms with Crippen molar-refractivity contribution >= 4 is 65.0 Å². The summed E-state index contributed by atoms with van der Waals surface area (Å²) in [6, 6.07) is -5.37. The molecule has 1 aromatic heterocycles. The van der Waals surface area contributed by atoms with Gasteiger partial charge in [0.1, 0.15) is 11.2 Å². The van der Waals surface area contributed by atoms with Gasteiger partial charge in [-0.05, 0) is 66.0 Å².